The lowest BCUT2D eigenvalue weighted by Gasteiger charge is -2.26. The van der Waals surface area contributed by atoms with Crippen molar-refractivity contribution in [1.82, 2.24) is 21.3 Å². The Hall–Kier alpha value is -5.79. The van der Waals surface area contributed by atoms with Crippen LogP contribution >= 0.6 is 0 Å². The molecule has 14 nitrogen and oxygen atoms in total. The Labute approximate surface area is 366 Å². The minimum absolute atomic E-state index is 0.0456. The lowest BCUT2D eigenvalue weighted by molar-refractivity contribution is -0.142. The fourth-order valence-electron chi connectivity index (χ4n) is 7.37. The summed E-state index contributed by atoms with van der Waals surface area (Å²) in [7, 11) is 0. The van der Waals surface area contributed by atoms with Gasteiger partial charge in [0.25, 0.3) is 0 Å². The fraction of sp³-hybridized carbons (Fsp3) is 0.521. The van der Waals surface area contributed by atoms with E-state index in [0.717, 1.165) is 87.0 Å². The van der Waals surface area contributed by atoms with Crippen LogP contribution in [-0.4, -0.2) is 70.7 Å². The third-order valence-electron chi connectivity index (χ3n) is 11.2. The molecule has 0 heterocycles. The summed E-state index contributed by atoms with van der Waals surface area (Å²) in [4.78, 5) is 87.5. The van der Waals surface area contributed by atoms with Gasteiger partial charge < -0.3 is 37.8 Å². The zero-order chi connectivity index (χ0) is 45.3. The van der Waals surface area contributed by atoms with Crippen LogP contribution in [-0.2, 0) is 46.4 Å². The maximum atomic E-state index is 13.4. The third-order valence-corrected chi connectivity index (χ3v) is 11.2. The van der Waals surface area contributed by atoms with Crippen molar-refractivity contribution in [3.63, 3.8) is 0 Å². The van der Waals surface area contributed by atoms with E-state index in [-0.39, 0.29) is 31.1 Å². The molecule has 0 bridgehead atoms. The molecule has 5 atom stereocenters. The van der Waals surface area contributed by atoms with Crippen molar-refractivity contribution in [2.45, 2.75) is 154 Å². The highest BCUT2D eigenvalue weighted by atomic mass is 16.4. The number of rotatable bonds is 31. The van der Waals surface area contributed by atoms with Gasteiger partial charge in [-0.05, 0) is 40.7 Å². The standard InChI is InChI=1S/C48H68N6O8/c1-3-33(2)44(47(60)52-38(45(50)58)31-35-27-28-36-23-19-20-24-37(36)29-35)54-43(57)26-18-13-11-9-7-5-4-6-8-10-12-17-25-42(56)51-39(32-41(49)55)46(59)53-40(48(61)62)30-34-21-15-14-16-22-34/h14-16,19-24,27-29,33,38-40,44H,3-13,17-18,25-26,30-32H2,1-2H3,(H2,49,55)(H2,50,58)(H,51,56)(H,52,60)(H,53,59)(H,54,57)(H,61,62)/t33?,38-,39-,40-,44-/m0/s1. The first-order valence-electron chi connectivity index (χ1n) is 22.3. The zero-order valence-electron chi connectivity index (χ0n) is 36.5. The second-order valence-corrected chi connectivity index (χ2v) is 16.4. The number of primary amides is 2. The number of carbonyl (C=O) groups excluding carboxylic acids is 6. The monoisotopic (exact) mass is 857 g/mol. The van der Waals surface area contributed by atoms with Crippen LogP contribution in [0.25, 0.3) is 10.8 Å². The molecule has 0 aliphatic carbocycles. The van der Waals surface area contributed by atoms with E-state index in [9.17, 15) is 38.7 Å². The Morgan fingerprint density at radius 3 is 1.58 bits per heavy atom. The largest absolute Gasteiger partial charge is 0.480 e. The van der Waals surface area contributed by atoms with Gasteiger partial charge in [0, 0.05) is 25.7 Å². The van der Waals surface area contributed by atoms with E-state index in [1.807, 2.05) is 56.3 Å². The molecule has 6 amide bonds. The maximum Gasteiger partial charge on any atom is 0.326 e. The molecule has 0 fully saturated rings. The molecule has 0 radical (unpaired) electrons. The van der Waals surface area contributed by atoms with Gasteiger partial charge in [-0.1, -0.05) is 157 Å². The Morgan fingerprint density at radius 2 is 1.05 bits per heavy atom. The number of carboxylic acids is 1. The fourth-order valence-corrected chi connectivity index (χ4v) is 7.37. The summed E-state index contributed by atoms with van der Waals surface area (Å²) in [5, 5.41) is 22.4. The summed E-state index contributed by atoms with van der Waals surface area (Å²) >= 11 is 0. The van der Waals surface area contributed by atoms with E-state index in [4.69, 9.17) is 11.5 Å². The van der Waals surface area contributed by atoms with E-state index < -0.39 is 66.1 Å². The zero-order valence-corrected chi connectivity index (χ0v) is 36.5. The van der Waals surface area contributed by atoms with Gasteiger partial charge in [0.1, 0.15) is 24.2 Å². The summed E-state index contributed by atoms with van der Waals surface area (Å²) in [6, 6.07) is 18.4. The van der Waals surface area contributed by atoms with E-state index >= 15 is 0 Å². The Bertz CT molecular complexity index is 1910. The Balaban J connectivity index is 1.24. The van der Waals surface area contributed by atoms with Crippen LogP contribution in [0.4, 0.5) is 0 Å². The van der Waals surface area contributed by atoms with E-state index in [2.05, 4.69) is 21.3 Å². The van der Waals surface area contributed by atoms with Crippen LogP contribution in [0.3, 0.4) is 0 Å². The molecule has 0 aliphatic rings. The first kappa shape index (κ1) is 50.6. The van der Waals surface area contributed by atoms with Gasteiger partial charge in [0.2, 0.25) is 35.4 Å². The van der Waals surface area contributed by atoms with E-state index in [0.29, 0.717) is 24.8 Å². The maximum absolute atomic E-state index is 13.4. The number of hydrogen-bond donors (Lipinski definition) is 7. The highest BCUT2D eigenvalue weighted by Gasteiger charge is 2.30. The van der Waals surface area contributed by atoms with Crippen LogP contribution in [0.15, 0.2) is 72.8 Å². The lowest BCUT2D eigenvalue weighted by Crippen LogP contribution is -2.55. The Kier molecular flexibility index (Phi) is 22.8. The van der Waals surface area contributed by atoms with Crippen molar-refractivity contribution in [3.05, 3.63) is 83.9 Å². The molecular weight excluding hydrogens is 789 g/mol. The van der Waals surface area contributed by atoms with Gasteiger partial charge in [-0.25, -0.2) is 4.79 Å². The molecule has 3 rings (SSSR count). The molecule has 14 heteroatoms. The molecule has 0 saturated carbocycles. The highest BCUT2D eigenvalue weighted by Crippen LogP contribution is 2.18. The van der Waals surface area contributed by atoms with Crippen molar-refractivity contribution >= 4 is 52.2 Å². The van der Waals surface area contributed by atoms with Crippen LogP contribution in [0.1, 0.15) is 128 Å². The van der Waals surface area contributed by atoms with Crippen molar-refractivity contribution in [1.29, 1.82) is 0 Å². The minimum atomic E-state index is -1.26. The number of nitrogens with one attached hydrogen (secondary N) is 4. The first-order chi connectivity index (χ1) is 29.8. The lowest BCUT2D eigenvalue weighted by atomic mass is 9.96. The van der Waals surface area contributed by atoms with Gasteiger partial charge in [0.15, 0.2) is 0 Å². The number of aliphatic carboxylic acids is 1. The van der Waals surface area contributed by atoms with Crippen LogP contribution in [0.5, 0.6) is 0 Å². The van der Waals surface area contributed by atoms with Crippen molar-refractivity contribution in [3.8, 4) is 0 Å². The third kappa shape index (κ3) is 19.3. The summed E-state index contributed by atoms with van der Waals surface area (Å²) in [6.07, 6.45) is 12.7. The van der Waals surface area contributed by atoms with Gasteiger partial charge in [-0.15, -0.1) is 0 Å². The number of benzene rings is 3. The van der Waals surface area contributed by atoms with Crippen molar-refractivity contribution < 1.29 is 38.7 Å². The second-order valence-electron chi connectivity index (χ2n) is 16.4. The molecule has 3 aromatic carbocycles. The average Bonchev–Trinajstić information content (AvgIpc) is 3.24. The van der Waals surface area contributed by atoms with Gasteiger partial charge >= 0.3 is 5.97 Å². The Morgan fingerprint density at radius 1 is 0.548 bits per heavy atom. The summed E-state index contributed by atoms with van der Waals surface area (Å²) < 4.78 is 0. The molecule has 0 aliphatic heterocycles. The highest BCUT2D eigenvalue weighted by molar-refractivity contribution is 5.94. The van der Waals surface area contributed by atoms with Crippen molar-refractivity contribution in [2.24, 2.45) is 17.4 Å². The summed E-state index contributed by atoms with van der Waals surface area (Å²) in [5.74, 6) is -4.56. The van der Waals surface area contributed by atoms with Gasteiger partial charge in [0.05, 0.1) is 6.42 Å². The van der Waals surface area contributed by atoms with Crippen LogP contribution < -0.4 is 32.7 Å². The predicted molar refractivity (Wildman–Crippen MR) is 240 cm³/mol. The summed E-state index contributed by atoms with van der Waals surface area (Å²) in [5.41, 5.74) is 12.6. The normalized spacial score (nSPS) is 13.5. The summed E-state index contributed by atoms with van der Waals surface area (Å²) in [6.45, 7) is 3.86. The number of fused-ring (bicyclic) bond motifs is 1. The van der Waals surface area contributed by atoms with Crippen molar-refractivity contribution in [2.75, 3.05) is 0 Å². The van der Waals surface area contributed by atoms with Gasteiger partial charge in [-0.2, -0.15) is 0 Å². The van der Waals surface area contributed by atoms with E-state index in [1.165, 1.54) is 0 Å². The number of hydrogen-bond acceptors (Lipinski definition) is 7. The molecule has 9 N–H and O–H groups in total. The molecule has 0 aromatic heterocycles. The van der Waals surface area contributed by atoms with Crippen LogP contribution in [0, 0.1) is 5.92 Å². The molecule has 3 aromatic rings. The quantitative estimate of drug-likeness (QED) is 0.0406. The first-order valence-corrected chi connectivity index (χ1v) is 22.3. The molecule has 1 unspecified atom stereocenters. The average molecular weight is 857 g/mol. The predicted octanol–water partition coefficient (Wildman–Crippen LogP) is 5.52. The number of nitrogens with two attached hydrogens (primary N) is 2. The molecular formula is C48H68N6O8. The topological polar surface area (TPSA) is 240 Å². The molecule has 0 saturated heterocycles. The number of amides is 6. The molecule has 0 spiro atoms. The van der Waals surface area contributed by atoms with Crippen LogP contribution in [0.2, 0.25) is 0 Å². The van der Waals surface area contributed by atoms with Gasteiger partial charge in [-0.3, -0.25) is 28.8 Å². The minimum Gasteiger partial charge on any atom is -0.480 e. The number of carboxylic acid groups (broad SMARTS) is 1. The second kappa shape index (κ2) is 27.9. The van der Waals surface area contributed by atoms with E-state index in [1.54, 1.807) is 30.3 Å². The molecule has 62 heavy (non-hydrogen) atoms. The molecule has 338 valence electrons. The SMILES string of the molecule is CCC(C)[C@H](NC(=O)CCCCCCCCCCCCCCC(=O)N[C@@H](CC(N)=O)C(=O)N[C@@H](Cc1ccccc1)C(=O)O)C(=O)N[C@@H](Cc1ccc2ccccc2c1)C(N)=O. The number of carbonyl (C=O) groups is 7. The number of unbranched alkanes of at least 4 members (excludes halogenated alkanes) is 11. The smallest absolute Gasteiger partial charge is 0.326 e.